The Morgan fingerprint density at radius 1 is 0.450 bits per heavy atom. The zero-order valence-electron chi connectivity index (χ0n) is 15.0. The van der Waals surface area contributed by atoms with Crippen LogP contribution in [0.4, 0.5) is 0 Å². The maximum absolute atomic E-state index is 2.37. The van der Waals surface area contributed by atoms with E-state index in [1.54, 1.807) is 0 Å². The van der Waals surface area contributed by atoms with Gasteiger partial charge in [-0.15, -0.1) is 0 Å². The molecule has 1 aromatic rings. The van der Waals surface area contributed by atoms with Crippen LogP contribution in [-0.4, -0.2) is 0 Å². The molecule has 0 spiro atoms. The van der Waals surface area contributed by atoms with Crippen LogP contribution in [0, 0.1) is 53.4 Å². The first kappa shape index (κ1) is 17.3. The third kappa shape index (κ3) is 4.11. The number of hydrogen-bond acceptors (Lipinski definition) is 0. The lowest BCUT2D eigenvalue weighted by Gasteiger charge is -2.22. The Kier molecular flexibility index (Phi) is 6.30. The zero-order chi connectivity index (χ0) is 15.4. The van der Waals surface area contributed by atoms with Gasteiger partial charge in [0, 0.05) is 0 Å². The van der Waals surface area contributed by atoms with Gasteiger partial charge in [0.2, 0.25) is 0 Å². The molecule has 0 atom stereocenters. The lowest BCUT2D eigenvalue weighted by molar-refractivity contribution is 0.308. The highest BCUT2D eigenvalue weighted by Crippen LogP contribution is 2.27. The Morgan fingerprint density at radius 3 is 0.750 bits per heavy atom. The van der Waals surface area contributed by atoms with Gasteiger partial charge in [-0.1, -0.05) is 39.5 Å². The molecule has 0 N–H and O–H groups in total. The van der Waals surface area contributed by atoms with Gasteiger partial charge < -0.3 is 0 Å². The highest BCUT2D eigenvalue weighted by Gasteiger charge is 2.13. The van der Waals surface area contributed by atoms with Crippen LogP contribution in [0.25, 0.3) is 0 Å². The van der Waals surface area contributed by atoms with Gasteiger partial charge in [0.15, 0.2) is 0 Å². The van der Waals surface area contributed by atoms with E-state index in [0.717, 1.165) is 11.8 Å². The van der Waals surface area contributed by atoms with Crippen LogP contribution >= 0.6 is 0 Å². The van der Waals surface area contributed by atoms with Crippen molar-refractivity contribution in [3.8, 4) is 0 Å². The van der Waals surface area contributed by atoms with Crippen molar-refractivity contribution in [2.75, 3.05) is 0 Å². The highest BCUT2D eigenvalue weighted by atomic mass is 14.2. The first-order valence-corrected chi connectivity index (χ1v) is 8.29. The molecule has 1 saturated carbocycles. The Balaban J connectivity index is 0.000000217. The Hall–Kier alpha value is -0.780. The first-order chi connectivity index (χ1) is 9.25. The van der Waals surface area contributed by atoms with Crippen LogP contribution in [0.3, 0.4) is 0 Å². The standard InChI is InChI=1S/C12H18.C8H16/c1-7-8(2)10(4)12(6)11(5)9(7)3;1-7-3-5-8(2)6-4-7/h1-6H3;7-8H,3-6H2,1-2H3. The summed E-state index contributed by atoms with van der Waals surface area (Å²) in [5, 5.41) is 0. The summed E-state index contributed by atoms with van der Waals surface area (Å²) < 4.78 is 0. The van der Waals surface area contributed by atoms with Gasteiger partial charge in [-0.3, -0.25) is 0 Å². The molecular formula is C20H34. The summed E-state index contributed by atoms with van der Waals surface area (Å²) in [6, 6.07) is 0. The lowest BCUT2D eigenvalue weighted by atomic mass is 9.84. The van der Waals surface area contributed by atoms with Crippen LogP contribution in [-0.2, 0) is 0 Å². The molecule has 0 heteroatoms. The summed E-state index contributed by atoms with van der Waals surface area (Å²) in [5.74, 6) is 2.04. The predicted octanol–water partition coefficient (Wildman–Crippen LogP) is 6.37. The van der Waals surface area contributed by atoms with Crippen molar-refractivity contribution in [3.63, 3.8) is 0 Å². The van der Waals surface area contributed by atoms with E-state index in [1.807, 2.05) is 0 Å². The Morgan fingerprint density at radius 2 is 0.600 bits per heavy atom. The van der Waals surface area contributed by atoms with Gasteiger partial charge in [-0.05, 0) is 86.8 Å². The molecule has 0 heterocycles. The second-order valence-corrected chi connectivity index (χ2v) is 7.12. The number of benzene rings is 1. The monoisotopic (exact) mass is 274 g/mol. The van der Waals surface area contributed by atoms with E-state index in [9.17, 15) is 0 Å². The van der Waals surface area contributed by atoms with E-state index in [-0.39, 0.29) is 0 Å². The molecule has 1 aromatic carbocycles. The van der Waals surface area contributed by atoms with Crippen molar-refractivity contribution in [2.45, 2.75) is 81.1 Å². The third-order valence-electron chi connectivity index (χ3n) is 5.68. The van der Waals surface area contributed by atoms with Crippen LogP contribution < -0.4 is 0 Å². The Bertz CT molecular complexity index is 331. The average molecular weight is 274 g/mol. The molecule has 20 heavy (non-hydrogen) atoms. The first-order valence-electron chi connectivity index (χ1n) is 8.29. The van der Waals surface area contributed by atoms with E-state index in [4.69, 9.17) is 0 Å². The lowest BCUT2D eigenvalue weighted by Crippen LogP contribution is -2.08. The summed E-state index contributed by atoms with van der Waals surface area (Å²) in [7, 11) is 0. The summed E-state index contributed by atoms with van der Waals surface area (Å²) >= 11 is 0. The molecule has 1 aliphatic rings. The molecule has 0 unspecified atom stereocenters. The van der Waals surface area contributed by atoms with Gasteiger partial charge in [0.05, 0.1) is 0 Å². The van der Waals surface area contributed by atoms with Crippen molar-refractivity contribution >= 4 is 0 Å². The van der Waals surface area contributed by atoms with E-state index >= 15 is 0 Å². The van der Waals surface area contributed by atoms with Crippen molar-refractivity contribution in [3.05, 3.63) is 33.4 Å². The third-order valence-corrected chi connectivity index (χ3v) is 5.68. The fourth-order valence-electron chi connectivity index (χ4n) is 3.11. The average Bonchev–Trinajstić information content (AvgIpc) is 2.45. The molecule has 114 valence electrons. The summed E-state index contributed by atoms with van der Waals surface area (Å²) in [6.45, 7) is 18.0. The van der Waals surface area contributed by atoms with Gasteiger partial charge in [-0.2, -0.15) is 0 Å². The number of hydrogen-bond donors (Lipinski definition) is 0. The summed E-state index contributed by atoms with van der Waals surface area (Å²) in [4.78, 5) is 0. The SMILES string of the molecule is CC1CCC(C)CC1.Cc1c(C)c(C)c(C)c(C)c1C. The van der Waals surface area contributed by atoms with Gasteiger partial charge >= 0.3 is 0 Å². The maximum atomic E-state index is 2.37. The predicted molar refractivity (Wildman–Crippen MR) is 91.7 cm³/mol. The van der Waals surface area contributed by atoms with Crippen molar-refractivity contribution in [1.29, 1.82) is 0 Å². The minimum Gasteiger partial charge on any atom is -0.0625 e. The topological polar surface area (TPSA) is 0 Å². The van der Waals surface area contributed by atoms with Crippen LogP contribution in [0.1, 0.15) is 72.9 Å². The van der Waals surface area contributed by atoms with E-state index in [2.05, 4.69) is 55.4 Å². The molecule has 0 aliphatic heterocycles. The minimum atomic E-state index is 1.02. The fraction of sp³-hybridized carbons (Fsp3) is 0.700. The van der Waals surface area contributed by atoms with E-state index in [0.29, 0.717) is 0 Å². The van der Waals surface area contributed by atoms with Crippen molar-refractivity contribution in [1.82, 2.24) is 0 Å². The second kappa shape index (κ2) is 7.29. The molecule has 0 bridgehead atoms. The largest absolute Gasteiger partial charge is 0.0625 e. The van der Waals surface area contributed by atoms with E-state index < -0.39 is 0 Å². The smallest absolute Gasteiger partial charge is 0.0392 e. The normalized spacial score (nSPS) is 22.2. The zero-order valence-corrected chi connectivity index (χ0v) is 15.0. The second-order valence-electron chi connectivity index (χ2n) is 7.12. The minimum absolute atomic E-state index is 1.02. The molecule has 0 saturated heterocycles. The summed E-state index contributed by atoms with van der Waals surface area (Å²) in [5.41, 5.74) is 8.73. The molecule has 2 rings (SSSR count). The number of rotatable bonds is 0. The van der Waals surface area contributed by atoms with Crippen LogP contribution in [0.5, 0.6) is 0 Å². The molecule has 1 aliphatic carbocycles. The van der Waals surface area contributed by atoms with E-state index in [1.165, 1.54) is 59.1 Å². The van der Waals surface area contributed by atoms with Crippen molar-refractivity contribution < 1.29 is 0 Å². The highest BCUT2D eigenvalue weighted by molar-refractivity contribution is 5.48. The fourth-order valence-corrected chi connectivity index (χ4v) is 3.11. The maximum Gasteiger partial charge on any atom is -0.0392 e. The molecule has 0 amide bonds. The quantitative estimate of drug-likeness (QED) is 0.515. The molecule has 0 nitrogen and oxygen atoms in total. The van der Waals surface area contributed by atoms with Gasteiger partial charge in [0.1, 0.15) is 0 Å². The van der Waals surface area contributed by atoms with Crippen LogP contribution in [0.2, 0.25) is 0 Å². The van der Waals surface area contributed by atoms with Crippen LogP contribution in [0.15, 0.2) is 0 Å². The summed E-state index contributed by atoms with van der Waals surface area (Å²) in [6.07, 6.45) is 5.89. The molecule has 1 fully saturated rings. The molecular weight excluding hydrogens is 240 g/mol. The van der Waals surface area contributed by atoms with Crippen molar-refractivity contribution in [2.24, 2.45) is 11.8 Å². The molecule has 0 radical (unpaired) electrons. The van der Waals surface area contributed by atoms with Gasteiger partial charge in [0.25, 0.3) is 0 Å². The Labute approximate surface area is 127 Å². The molecule has 0 aromatic heterocycles. The van der Waals surface area contributed by atoms with Gasteiger partial charge in [-0.25, -0.2) is 0 Å².